The topological polar surface area (TPSA) is 65.4 Å². The minimum absolute atomic E-state index is 0.0891. The molecule has 150 valence electrons. The third kappa shape index (κ3) is 3.45. The van der Waals surface area contributed by atoms with Crippen molar-refractivity contribution in [1.82, 2.24) is 9.78 Å². The lowest BCUT2D eigenvalue weighted by atomic mass is 10.0. The second kappa shape index (κ2) is 8.00. The summed E-state index contributed by atoms with van der Waals surface area (Å²) in [5.74, 6) is 2.14. The molecule has 3 aromatic rings. The van der Waals surface area contributed by atoms with E-state index in [1.807, 2.05) is 43.3 Å². The second-order valence-corrected chi connectivity index (χ2v) is 8.03. The molecular formula is C21H20ClN3O3S. The largest absolute Gasteiger partial charge is 0.493 e. The van der Waals surface area contributed by atoms with E-state index in [0.29, 0.717) is 33.8 Å². The van der Waals surface area contributed by atoms with Crippen molar-refractivity contribution in [2.24, 2.45) is 0 Å². The third-order valence-electron chi connectivity index (χ3n) is 4.80. The summed E-state index contributed by atoms with van der Waals surface area (Å²) in [6, 6.07) is 13.2. The number of nitrogens with zero attached hydrogens (tertiary/aromatic N) is 2. The molecule has 6 nitrogen and oxygen atoms in total. The lowest BCUT2D eigenvalue weighted by Crippen LogP contribution is -2.16. The molecule has 1 atom stereocenters. The number of carbonyl (C=O) groups excluding carboxylic acids is 1. The monoisotopic (exact) mass is 429 g/mol. The van der Waals surface area contributed by atoms with Crippen molar-refractivity contribution >= 4 is 35.1 Å². The van der Waals surface area contributed by atoms with Gasteiger partial charge in [0.05, 0.1) is 41.6 Å². The second-order valence-electron chi connectivity index (χ2n) is 6.53. The van der Waals surface area contributed by atoms with Gasteiger partial charge in [-0.25, -0.2) is 4.68 Å². The van der Waals surface area contributed by atoms with E-state index in [1.54, 1.807) is 25.0 Å². The Bertz CT molecular complexity index is 1080. The van der Waals surface area contributed by atoms with E-state index in [1.165, 1.54) is 11.8 Å². The van der Waals surface area contributed by atoms with Crippen molar-refractivity contribution in [3.8, 4) is 17.2 Å². The van der Waals surface area contributed by atoms with Crippen LogP contribution in [0.1, 0.15) is 22.1 Å². The van der Waals surface area contributed by atoms with Crippen LogP contribution in [-0.4, -0.2) is 35.7 Å². The highest BCUT2D eigenvalue weighted by Crippen LogP contribution is 2.48. The van der Waals surface area contributed by atoms with Crippen LogP contribution in [0, 0.1) is 6.92 Å². The fraction of sp³-hybridized carbons (Fsp3) is 0.238. The first kappa shape index (κ1) is 19.7. The minimum atomic E-state index is -0.162. The number of aromatic nitrogens is 2. The summed E-state index contributed by atoms with van der Waals surface area (Å²) in [5, 5.41) is 8.11. The number of methoxy groups -OCH3 is 2. The van der Waals surface area contributed by atoms with Crippen LogP contribution in [0.2, 0.25) is 5.02 Å². The highest BCUT2D eigenvalue weighted by atomic mass is 35.5. The molecule has 8 heteroatoms. The van der Waals surface area contributed by atoms with Crippen LogP contribution in [0.4, 0.5) is 5.82 Å². The Labute approximate surface area is 178 Å². The summed E-state index contributed by atoms with van der Waals surface area (Å²) in [6.45, 7) is 1.93. The van der Waals surface area contributed by atoms with Gasteiger partial charge in [-0.3, -0.25) is 4.79 Å². The summed E-state index contributed by atoms with van der Waals surface area (Å²) in [5.41, 5.74) is 3.37. The van der Waals surface area contributed by atoms with Gasteiger partial charge in [-0.05, 0) is 25.1 Å². The quantitative estimate of drug-likeness (QED) is 0.655. The zero-order valence-corrected chi connectivity index (χ0v) is 17.8. The maximum Gasteiger partial charge on any atom is 0.235 e. The SMILES string of the molecule is COc1cccc(C2SCC(=O)Nc3c2c(C)nn3-c2ccccc2Cl)c1OC. The lowest BCUT2D eigenvalue weighted by Gasteiger charge is -2.20. The van der Waals surface area contributed by atoms with E-state index in [-0.39, 0.29) is 11.2 Å². The van der Waals surface area contributed by atoms with E-state index in [9.17, 15) is 4.79 Å². The Morgan fingerprint density at radius 2 is 1.97 bits per heavy atom. The van der Waals surface area contributed by atoms with E-state index in [2.05, 4.69) is 5.32 Å². The molecule has 2 heterocycles. The molecule has 0 bridgehead atoms. The van der Waals surface area contributed by atoms with Gasteiger partial charge in [0.25, 0.3) is 0 Å². The van der Waals surface area contributed by atoms with Gasteiger partial charge in [0, 0.05) is 11.1 Å². The van der Waals surface area contributed by atoms with Gasteiger partial charge in [0.1, 0.15) is 5.82 Å². The van der Waals surface area contributed by atoms with Crippen molar-refractivity contribution in [2.75, 3.05) is 25.3 Å². The lowest BCUT2D eigenvalue weighted by molar-refractivity contribution is -0.113. The van der Waals surface area contributed by atoms with Gasteiger partial charge in [0.2, 0.25) is 5.91 Å². The molecule has 0 saturated heterocycles. The summed E-state index contributed by atoms with van der Waals surface area (Å²) < 4.78 is 12.8. The average Bonchev–Trinajstić information content (AvgIpc) is 2.92. The highest BCUT2D eigenvalue weighted by Gasteiger charge is 2.33. The molecule has 0 radical (unpaired) electrons. The average molecular weight is 430 g/mol. The van der Waals surface area contributed by atoms with Crippen LogP contribution in [0.3, 0.4) is 0 Å². The summed E-state index contributed by atoms with van der Waals surface area (Å²) >= 11 is 7.94. The van der Waals surface area contributed by atoms with Crippen LogP contribution in [0.5, 0.6) is 11.5 Å². The highest BCUT2D eigenvalue weighted by molar-refractivity contribution is 8.00. The number of halogens is 1. The van der Waals surface area contributed by atoms with E-state index >= 15 is 0 Å². The Balaban J connectivity index is 1.94. The number of nitrogens with one attached hydrogen (secondary N) is 1. The molecule has 4 rings (SSSR count). The standard InChI is InChI=1S/C21H20ClN3O3S/c1-12-18-20(13-7-6-10-16(27-2)19(13)28-3)29-11-17(26)23-21(18)25(24-12)15-9-5-4-8-14(15)22/h4-10,20H,11H2,1-3H3,(H,23,26). The molecule has 1 N–H and O–H groups in total. The first-order chi connectivity index (χ1) is 14.0. The van der Waals surface area contributed by atoms with Crippen molar-refractivity contribution in [3.63, 3.8) is 0 Å². The van der Waals surface area contributed by atoms with E-state index in [4.69, 9.17) is 26.2 Å². The molecule has 1 unspecified atom stereocenters. The van der Waals surface area contributed by atoms with Crippen LogP contribution in [0.25, 0.3) is 5.69 Å². The molecule has 0 fully saturated rings. The maximum atomic E-state index is 12.5. The number of rotatable bonds is 4. The fourth-order valence-corrected chi connectivity index (χ4v) is 4.97. The normalized spacial score (nSPS) is 16.0. The number of hydrogen-bond donors (Lipinski definition) is 1. The predicted octanol–water partition coefficient (Wildman–Crippen LogP) is 4.63. The number of para-hydroxylation sites is 2. The number of hydrogen-bond acceptors (Lipinski definition) is 5. The van der Waals surface area contributed by atoms with Crippen molar-refractivity contribution in [1.29, 1.82) is 0 Å². The Hall–Kier alpha value is -2.64. The van der Waals surface area contributed by atoms with Gasteiger partial charge < -0.3 is 14.8 Å². The molecule has 2 aromatic carbocycles. The number of carbonyl (C=O) groups is 1. The molecule has 29 heavy (non-hydrogen) atoms. The van der Waals surface area contributed by atoms with Gasteiger partial charge >= 0.3 is 0 Å². The van der Waals surface area contributed by atoms with Gasteiger partial charge in [0.15, 0.2) is 11.5 Å². The summed E-state index contributed by atoms with van der Waals surface area (Å²) in [7, 11) is 3.23. The molecule has 1 aromatic heterocycles. The van der Waals surface area contributed by atoms with Crippen molar-refractivity contribution in [2.45, 2.75) is 12.2 Å². The predicted molar refractivity (Wildman–Crippen MR) is 116 cm³/mol. The zero-order chi connectivity index (χ0) is 20.5. The number of thioether (sulfide) groups is 1. The summed E-state index contributed by atoms with van der Waals surface area (Å²) in [4.78, 5) is 12.5. The number of fused-ring (bicyclic) bond motifs is 1. The molecule has 1 aliphatic heterocycles. The van der Waals surface area contributed by atoms with E-state index < -0.39 is 0 Å². The molecule has 0 saturated carbocycles. The Kier molecular flexibility index (Phi) is 5.43. The third-order valence-corrected chi connectivity index (χ3v) is 6.38. The van der Waals surface area contributed by atoms with Crippen LogP contribution < -0.4 is 14.8 Å². The number of anilines is 1. The van der Waals surface area contributed by atoms with Crippen LogP contribution >= 0.6 is 23.4 Å². The zero-order valence-electron chi connectivity index (χ0n) is 16.2. The molecular weight excluding hydrogens is 410 g/mol. The summed E-state index contributed by atoms with van der Waals surface area (Å²) in [6.07, 6.45) is 0. The van der Waals surface area contributed by atoms with E-state index in [0.717, 1.165) is 16.8 Å². The Morgan fingerprint density at radius 3 is 2.69 bits per heavy atom. The number of benzene rings is 2. The number of aryl methyl sites for hydroxylation is 1. The van der Waals surface area contributed by atoms with Crippen molar-refractivity contribution in [3.05, 3.63) is 64.3 Å². The minimum Gasteiger partial charge on any atom is -0.493 e. The van der Waals surface area contributed by atoms with Crippen LogP contribution in [-0.2, 0) is 4.79 Å². The number of amides is 1. The van der Waals surface area contributed by atoms with Gasteiger partial charge in [-0.15, -0.1) is 11.8 Å². The molecule has 0 spiro atoms. The molecule has 1 amide bonds. The smallest absolute Gasteiger partial charge is 0.235 e. The molecule has 0 aliphatic carbocycles. The van der Waals surface area contributed by atoms with Crippen molar-refractivity contribution < 1.29 is 14.3 Å². The number of ether oxygens (including phenoxy) is 2. The van der Waals surface area contributed by atoms with Gasteiger partial charge in [-0.1, -0.05) is 35.9 Å². The Morgan fingerprint density at radius 1 is 1.17 bits per heavy atom. The fourth-order valence-electron chi connectivity index (χ4n) is 3.55. The first-order valence-electron chi connectivity index (χ1n) is 9.02. The first-order valence-corrected chi connectivity index (χ1v) is 10.4. The molecule has 1 aliphatic rings. The van der Waals surface area contributed by atoms with Gasteiger partial charge in [-0.2, -0.15) is 5.10 Å². The van der Waals surface area contributed by atoms with Crippen LogP contribution in [0.15, 0.2) is 42.5 Å². The maximum absolute atomic E-state index is 12.5.